The zero-order valence-electron chi connectivity index (χ0n) is 15.7. The second kappa shape index (κ2) is 10.5. The summed E-state index contributed by atoms with van der Waals surface area (Å²) in [6, 6.07) is 20.0. The van der Waals surface area contributed by atoms with E-state index in [1.165, 1.54) is 5.69 Å². The van der Waals surface area contributed by atoms with E-state index in [-0.39, 0.29) is 24.8 Å². The number of nitriles is 1. The van der Waals surface area contributed by atoms with Gasteiger partial charge in [0.15, 0.2) is 0 Å². The lowest BCUT2D eigenvalue weighted by Gasteiger charge is -2.09. The smallest absolute Gasteiger partial charge is 0.0991 e. The van der Waals surface area contributed by atoms with E-state index in [2.05, 4.69) is 43.5 Å². The standard InChI is InChI=1S/C22H19N5.2ClH/c23-12-18-6-8-19(9-7-18)14-27-16-24-13-21(27)10-11-26-15-22(25-17-26)20-4-2-1-3-5-20;;/h1-9,13,15-17H,10-11,14H2;2*1H. The summed E-state index contributed by atoms with van der Waals surface area (Å²) < 4.78 is 4.26. The van der Waals surface area contributed by atoms with Crippen molar-refractivity contribution < 1.29 is 0 Å². The van der Waals surface area contributed by atoms with Gasteiger partial charge in [-0.1, -0.05) is 42.5 Å². The minimum Gasteiger partial charge on any atom is -0.336 e. The molecular formula is C22H21Cl2N5. The summed E-state index contributed by atoms with van der Waals surface area (Å²) in [6.45, 7) is 1.60. The van der Waals surface area contributed by atoms with Gasteiger partial charge in [-0.05, 0) is 17.7 Å². The molecule has 0 spiro atoms. The third-order valence-electron chi connectivity index (χ3n) is 4.56. The van der Waals surface area contributed by atoms with Crippen LogP contribution >= 0.6 is 24.8 Å². The molecule has 0 aliphatic rings. The zero-order chi connectivity index (χ0) is 18.5. The summed E-state index contributed by atoms with van der Waals surface area (Å²) in [4.78, 5) is 8.81. The Kier molecular flexibility index (Phi) is 8.02. The number of nitrogens with zero attached hydrogens (tertiary/aromatic N) is 5. The Balaban J connectivity index is 0.00000150. The molecule has 2 heterocycles. The van der Waals surface area contributed by atoms with Crippen molar-refractivity contribution in [3.8, 4) is 17.3 Å². The van der Waals surface area contributed by atoms with Gasteiger partial charge in [0.2, 0.25) is 0 Å². The van der Waals surface area contributed by atoms with Crippen molar-refractivity contribution in [2.24, 2.45) is 0 Å². The summed E-state index contributed by atoms with van der Waals surface area (Å²) in [5.74, 6) is 0. The van der Waals surface area contributed by atoms with Gasteiger partial charge >= 0.3 is 0 Å². The molecule has 0 bridgehead atoms. The number of benzene rings is 2. The molecule has 0 saturated carbocycles. The maximum Gasteiger partial charge on any atom is 0.0991 e. The Morgan fingerprint density at radius 1 is 0.931 bits per heavy atom. The van der Waals surface area contributed by atoms with Crippen LogP contribution in [0.5, 0.6) is 0 Å². The van der Waals surface area contributed by atoms with Crippen LogP contribution in [0.15, 0.2) is 79.6 Å². The molecule has 2 aromatic heterocycles. The van der Waals surface area contributed by atoms with E-state index >= 15 is 0 Å². The van der Waals surface area contributed by atoms with Gasteiger partial charge in [0.1, 0.15) is 0 Å². The summed E-state index contributed by atoms with van der Waals surface area (Å²) in [7, 11) is 0. The van der Waals surface area contributed by atoms with Gasteiger partial charge in [0.05, 0.1) is 30.0 Å². The molecule has 0 amide bonds. The van der Waals surface area contributed by atoms with Gasteiger partial charge < -0.3 is 9.13 Å². The van der Waals surface area contributed by atoms with Crippen LogP contribution in [0.4, 0.5) is 0 Å². The summed E-state index contributed by atoms with van der Waals surface area (Å²) in [5.41, 5.74) is 5.12. The van der Waals surface area contributed by atoms with E-state index in [1.807, 2.05) is 61.3 Å². The van der Waals surface area contributed by atoms with Gasteiger partial charge in [0.25, 0.3) is 0 Å². The van der Waals surface area contributed by atoms with Gasteiger partial charge in [-0.3, -0.25) is 0 Å². The molecule has 0 unspecified atom stereocenters. The predicted molar refractivity (Wildman–Crippen MR) is 118 cm³/mol. The molecule has 4 aromatic rings. The van der Waals surface area contributed by atoms with Crippen LogP contribution < -0.4 is 0 Å². The lowest BCUT2D eigenvalue weighted by molar-refractivity contribution is 0.648. The molecule has 2 aromatic carbocycles. The summed E-state index contributed by atoms with van der Waals surface area (Å²) in [6.07, 6.45) is 8.61. The Bertz CT molecular complexity index is 1060. The molecule has 0 radical (unpaired) electrons. The Labute approximate surface area is 182 Å². The Morgan fingerprint density at radius 2 is 1.69 bits per heavy atom. The minimum absolute atomic E-state index is 0. The first-order valence-corrected chi connectivity index (χ1v) is 8.87. The Morgan fingerprint density at radius 3 is 2.41 bits per heavy atom. The summed E-state index contributed by atoms with van der Waals surface area (Å²) in [5, 5.41) is 8.91. The first-order chi connectivity index (χ1) is 13.3. The highest BCUT2D eigenvalue weighted by molar-refractivity contribution is 5.85. The number of imidazole rings is 2. The highest BCUT2D eigenvalue weighted by atomic mass is 35.5. The monoisotopic (exact) mass is 425 g/mol. The fourth-order valence-corrected chi connectivity index (χ4v) is 3.06. The van der Waals surface area contributed by atoms with Gasteiger partial charge in [-0.25, -0.2) is 9.97 Å². The van der Waals surface area contributed by atoms with Gasteiger partial charge in [-0.2, -0.15) is 5.26 Å². The quantitative estimate of drug-likeness (QED) is 0.447. The normalized spacial score (nSPS) is 9.90. The van der Waals surface area contributed by atoms with E-state index in [4.69, 9.17) is 5.26 Å². The van der Waals surface area contributed by atoms with Gasteiger partial charge in [-0.15, -0.1) is 24.8 Å². The topological polar surface area (TPSA) is 59.4 Å². The highest BCUT2D eigenvalue weighted by Crippen LogP contribution is 2.16. The number of hydrogen-bond donors (Lipinski definition) is 0. The fourth-order valence-electron chi connectivity index (χ4n) is 3.06. The van der Waals surface area contributed by atoms with E-state index in [0.717, 1.165) is 36.3 Å². The van der Waals surface area contributed by atoms with Crippen molar-refractivity contribution in [2.75, 3.05) is 0 Å². The molecule has 148 valence electrons. The maximum atomic E-state index is 8.91. The minimum atomic E-state index is 0. The summed E-state index contributed by atoms with van der Waals surface area (Å²) >= 11 is 0. The second-order valence-corrected chi connectivity index (χ2v) is 6.43. The number of halogens is 2. The molecule has 7 heteroatoms. The lowest BCUT2D eigenvalue weighted by Crippen LogP contribution is -2.06. The van der Waals surface area contributed by atoms with E-state index in [0.29, 0.717) is 5.56 Å². The number of aromatic nitrogens is 4. The average Bonchev–Trinajstić information content (AvgIpc) is 3.37. The van der Waals surface area contributed by atoms with Crippen LogP contribution in [-0.2, 0) is 19.5 Å². The van der Waals surface area contributed by atoms with Crippen LogP contribution in [0.2, 0.25) is 0 Å². The van der Waals surface area contributed by atoms with Crippen molar-refractivity contribution in [2.45, 2.75) is 19.5 Å². The van der Waals surface area contributed by atoms with Crippen LogP contribution in [0, 0.1) is 11.3 Å². The molecule has 4 rings (SSSR count). The molecule has 0 aliphatic heterocycles. The molecule has 5 nitrogen and oxygen atoms in total. The third-order valence-corrected chi connectivity index (χ3v) is 4.56. The van der Waals surface area contributed by atoms with Crippen LogP contribution in [0.1, 0.15) is 16.8 Å². The first-order valence-electron chi connectivity index (χ1n) is 8.87. The van der Waals surface area contributed by atoms with Crippen molar-refractivity contribution in [1.29, 1.82) is 5.26 Å². The molecule has 0 N–H and O–H groups in total. The lowest BCUT2D eigenvalue weighted by atomic mass is 10.1. The molecular weight excluding hydrogens is 405 g/mol. The fraction of sp³-hybridized carbons (Fsp3) is 0.136. The van der Waals surface area contributed by atoms with Crippen molar-refractivity contribution in [3.05, 3.63) is 96.5 Å². The highest BCUT2D eigenvalue weighted by Gasteiger charge is 2.06. The van der Waals surface area contributed by atoms with E-state index < -0.39 is 0 Å². The number of hydrogen-bond acceptors (Lipinski definition) is 3. The van der Waals surface area contributed by atoms with Crippen molar-refractivity contribution >= 4 is 24.8 Å². The van der Waals surface area contributed by atoms with Crippen molar-refractivity contribution in [1.82, 2.24) is 19.1 Å². The molecule has 0 aliphatic carbocycles. The SMILES string of the molecule is Cl.Cl.N#Cc1ccc(Cn2cncc2CCn2cnc(-c3ccccc3)c2)cc1. The van der Waals surface area contributed by atoms with Crippen LogP contribution in [-0.4, -0.2) is 19.1 Å². The Hall–Kier alpha value is -3.07. The molecule has 0 atom stereocenters. The first kappa shape index (κ1) is 22.2. The molecule has 29 heavy (non-hydrogen) atoms. The number of aryl methyl sites for hydroxylation is 2. The van der Waals surface area contributed by atoms with Crippen LogP contribution in [0.25, 0.3) is 11.3 Å². The van der Waals surface area contributed by atoms with E-state index in [1.54, 1.807) is 0 Å². The second-order valence-electron chi connectivity index (χ2n) is 6.43. The number of rotatable bonds is 6. The maximum absolute atomic E-state index is 8.91. The van der Waals surface area contributed by atoms with Crippen LogP contribution in [0.3, 0.4) is 0 Å². The molecule has 0 saturated heterocycles. The largest absolute Gasteiger partial charge is 0.336 e. The van der Waals surface area contributed by atoms with E-state index in [9.17, 15) is 0 Å². The predicted octanol–water partition coefficient (Wildman–Crippen LogP) is 4.75. The van der Waals surface area contributed by atoms with Crippen molar-refractivity contribution in [3.63, 3.8) is 0 Å². The zero-order valence-corrected chi connectivity index (χ0v) is 17.3. The van der Waals surface area contributed by atoms with Gasteiger partial charge in [0, 0.05) is 43.2 Å². The third kappa shape index (κ3) is 5.47. The average molecular weight is 426 g/mol. The molecule has 0 fully saturated rings.